The first-order valence-corrected chi connectivity index (χ1v) is 8.08. The maximum Gasteiger partial charge on any atom is 0.325 e. The number of hydrogen-bond acceptors (Lipinski definition) is 4. The molecule has 2 aromatic heterocycles. The lowest BCUT2D eigenvalue weighted by atomic mass is 10.2. The second-order valence-corrected chi connectivity index (χ2v) is 6.32. The van der Waals surface area contributed by atoms with E-state index in [4.69, 9.17) is 23.2 Å². The molecule has 0 radical (unpaired) electrons. The van der Waals surface area contributed by atoms with Crippen molar-refractivity contribution in [3.05, 3.63) is 59.0 Å². The molecule has 2 N–H and O–H groups in total. The standard InChI is InChI=1S/C15H10Cl2N4OS/c16-11-2-1-10(7-12(11)17)20-14(22)21-15-19-8-13(23-15)9-3-5-18-6-4-9/h1-8H,(H2,19,20,21,22). The van der Waals surface area contributed by atoms with E-state index in [9.17, 15) is 4.79 Å². The SMILES string of the molecule is O=C(Nc1ccc(Cl)c(Cl)c1)Nc1ncc(-c2ccncc2)s1. The van der Waals surface area contributed by atoms with Crippen molar-refractivity contribution in [2.45, 2.75) is 0 Å². The summed E-state index contributed by atoms with van der Waals surface area (Å²) < 4.78 is 0. The number of nitrogens with zero attached hydrogens (tertiary/aromatic N) is 2. The molecule has 2 heterocycles. The summed E-state index contributed by atoms with van der Waals surface area (Å²) in [6, 6.07) is 8.22. The zero-order chi connectivity index (χ0) is 16.2. The maximum absolute atomic E-state index is 12.0. The predicted octanol–water partition coefficient (Wildman–Crippen LogP) is 5.16. The normalized spacial score (nSPS) is 10.3. The summed E-state index contributed by atoms with van der Waals surface area (Å²) in [4.78, 5) is 21.1. The van der Waals surface area contributed by atoms with Crippen molar-refractivity contribution in [3.8, 4) is 10.4 Å². The van der Waals surface area contributed by atoms with Crippen LogP contribution in [-0.2, 0) is 0 Å². The van der Waals surface area contributed by atoms with Gasteiger partial charge in [-0.2, -0.15) is 0 Å². The van der Waals surface area contributed by atoms with Gasteiger partial charge in [-0.3, -0.25) is 10.3 Å². The lowest BCUT2D eigenvalue weighted by Gasteiger charge is -2.06. The van der Waals surface area contributed by atoms with Crippen LogP contribution in [0.15, 0.2) is 48.9 Å². The summed E-state index contributed by atoms with van der Waals surface area (Å²) in [5.41, 5.74) is 1.54. The highest BCUT2D eigenvalue weighted by Crippen LogP contribution is 2.29. The summed E-state index contributed by atoms with van der Waals surface area (Å²) in [6.07, 6.45) is 5.12. The maximum atomic E-state index is 12.0. The van der Waals surface area contributed by atoms with Gasteiger partial charge in [0.15, 0.2) is 5.13 Å². The van der Waals surface area contributed by atoms with Crippen LogP contribution < -0.4 is 10.6 Å². The Morgan fingerprint density at radius 1 is 1.04 bits per heavy atom. The molecule has 0 saturated heterocycles. The summed E-state index contributed by atoms with van der Waals surface area (Å²) >= 11 is 13.1. The van der Waals surface area contributed by atoms with Gasteiger partial charge in [-0.25, -0.2) is 9.78 Å². The minimum atomic E-state index is -0.404. The van der Waals surface area contributed by atoms with Crippen molar-refractivity contribution in [3.63, 3.8) is 0 Å². The molecule has 0 aliphatic carbocycles. The molecule has 0 aliphatic rings. The van der Waals surface area contributed by atoms with Crippen molar-refractivity contribution in [2.75, 3.05) is 10.6 Å². The number of aromatic nitrogens is 2. The minimum Gasteiger partial charge on any atom is -0.308 e. The van der Waals surface area contributed by atoms with Crippen LogP contribution in [0, 0.1) is 0 Å². The fourth-order valence-corrected chi connectivity index (χ4v) is 2.93. The van der Waals surface area contributed by atoms with Crippen LogP contribution in [0.2, 0.25) is 10.0 Å². The fraction of sp³-hybridized carbons (Fsp3) is 0. The molecule has 23 heavy (non-hydrogen) atoms. The van der Waals surface area contributed by atoms with Crippen molar-refractivity contribution in [1.29, 1.82) is 0 Å². The molecule has 1 aromatic carbocycles. The zero-order valence-corrected chi connectivity index (χ0v) is 13.9. The Balaban J connectivity index is 1.66. The first-order valence-electron chi connectivity index (χ1n) is 6.51. The van der Waals surface area contributed by atoms with E-state index < -0.39 is 6.03 Å². The van der Waals surface area contributed by atoms with E-state index in [2.05, 4.69) is 20.6 Å². The minimum absolute atomic E-state index is 0.374. The number of nitrogens with one attached hydrogen (secondary N) is 2. The number of benzene rings is 1. The van der Waals surface area contributed by atoms with Crippen LogP contribution >= 0.6 is 34.5 Å². The molecule has 0 spiro atoms. The number of thiazole rings is 1. The van der Waals surface area contributed by atoms with Crippen LogP contribution in [0.3, 0.4) is 0 Å². The van der Waals surface area contributed by atoms with Gasteiger partial charge in [-0.05, 0) is 35.9 Å². The highest BCUT2D eigenvalue weighted by molar-refractivity contribution is 7.19. The Morgan fingerprint density at radius 2 is 1.83 bits per heavy atom. The Morgan fingerprint density at radius 3 is 2.57 bits per heavy atom. The van der Waals surface area contributed by atoms with Crippen molar-refractivity contribution in [2.24, 2.45) is 0 Å². The highest BCUT2D eigenvalue weighted by Gasteiger charge is 2.09. The van der Waals surface area contributed by atoms with E-state index in [0.717, 1.165) is 10.4 Å². The quantitative estimate of drug-likeness (QED) is 0.674. The van der Waals surface area contributed by atoms with Crippen LogP contribution in [0.5, 0.6) is 0 Å². The van der Waals surface area contributed by atoms with Gasteiger partial charge in [0.2, 0.25) is 0 Å². The lowest BCUT2D eigenvalue weighted by molar-refractivity contribution is 0.262. The number of amides is 2. The molecule has 0 unspecified atom stereocenters. The zero-order valence-electron chi connectivity index (χ0n) is 11.6. The molecule has 0 fully saturated rings. The monoisotopic (exact) mass is 364 g/mol. The summed E-state index contributed by atoms with van der Waals surface area (Å²) in [6.45, 7) is 0. The van der Waals surface area contributed by atoms with Crippen LogP contribution in [0.4, 0.5) is 15.6 Å². The van der Waals surface area contributed by atoms with Gasteiger partial charge in [0.25, 0.3) is 0 Å². The number of urea groups is 1. The van der Waals surface area contributed by atoms with E-state index in [1.165, 1.54) is 11.3 Å². The van der Waals surface area contributed by atoms with E-state index in [1.807, 2.05) is 12.1 Å². The van der Waals surface area contributed by atoms with E-state index >= 15 is 0 Å². The molecule has 0 bridgehead atoms. The van der Waals surface area contributed by atoms with Crippen molar-refractivity contribution in [1.82, 2.24) is 9.97 Å². The average molecular weight is 365 g/mol. The smallest absolute Gasteiger partial charge is 0.308 e. The van der Waals surface area contributed by atoms with Gasteiger partial charge < -0.3 is 5.32 Å². The summed E-state index contributed by atoms with van der Waals surface area (Å²) in [5, 5.41) is 6.65. The molecule has 0 aliphatic heterocycles. The molecule has 3 aromatic rings. The topological polar surface area (TPSA) is 66.9 Å². The van der Waals surface area contributed by atoms with Crippen LogP contribution in [0.25, 0.3) is 10.4 Å². The van der Waals surface area contributed by atoms with E-state index in [0.29, 0.717) is 20.9 Å². The Bertz CT molecular complexity index is 839. The number of carbonyl (C=O) groups is 1. The average Bonchev–Trinajstić information content (AvgIpc) is 3.00. The number of halogens is 2. The van der Waals surface area contributed by atoms with Crippen molar-refractivity contribution < 1.29 is 4.79 Å². The molecule has 0 saturated carbocycles. The molecule has 2 amide bonds. The predicted molar refractivity (Wildman–Crippen MR) is 94.4 cm³/mol. The molecule has 3 rings (SSSR count). The number of anilines is 2. The van der Waals surface area contributed by atoms with Crippen LogP contribution in [-0.4, -0.2) is 16.0 Å². The van der Waals surface area contributed by atoms with Gasteiger partial charge in [0.1, 0.15) is 0 Å². The third-order valence-corrected chi connectivity index (χ3v) is 4.57. The molecule has 8 heteroatoms. The van der Waals surface area contributed by atoms with Gasteiger partial charge >= 0.3 is 6.03 Å². The number of carbonyl (C=O) groups excluding carboxylic acids is 1. The van der Waals surface area contributed by atoms with E-state index in [1.54, 1.807) is 36.8 Å². The largest absolute Gasteiger partial charge is 0.325 e. The Labute approximate surface area is 146 Å². The molecular weight excluding hydrogens is 355 g/mol. The molecule has 116 valence electrons. The van der Waals surface area contributed by atoms with E-state index in [-0.39, 0.29) is 0 Å². The van der Waals surface area contributed by atoms with Gasteiger partial charge in [-0.15, -0.1) is 0 Å². The molecular formula is C15H10Cl2N4OS. The third-order valence-electron chi connectivity index (χ3n) is 2.87. The number of hydrogen-bond donors (Lipinski definition) is 2. The second kappa shape index (κ2) is 6.95. The van der Waals surface area contributed by atoms with Crippen molar-refractivity contribution >= 4 is 51.4 Å². The highest BCUT2D eigenvalue weighted by atomic mass is 35.5. The van der Waals surface area contributed by atoms with Gasteiger partial charge in [-0.1, -0.05) is 34.5 Å². The second-order valence-electron chi connectivity index (χ2n) is 4.47. The van der Waals surface area contributed by atoms with Gasteiger partial charge in [0, 0.05) is 24.3 Å². The Kier molecular flexibility index (Phi) is 4.76. The first-order chi connectivity index (χ1) is 11.1. The lowest BCUT2D eigenvalue weighted by Crippen LogP contribution is -2.19. The number of pyridine rings is 1. The summed E-state index contributed by atoms with van der Waals surface area (Å²) in [5.74, 6) is 0. The first kappa shape index (κ1) is 15.7. The molecule has 0 atom stereocenters. The van der Waals surface area contributed by atoms with Gasteiger partial charge in [0.05, 0.1) is 14.9 Å². The summed E-state index contributed by atoms with van der Waals surface area (Å²) in [7, 11) is 0. The third kappa shape index (κ3) is 3.98. The Hall–Kier alpha value is -2.15. The number of rotatable bonds is 3. The van der Waals surface area contributed by atoms with Crippen LogP contribution in [0.1, 0.15) is 0 Å². The fourth-order valence-electron chi connectivity index (χ4n) is 1.81. The molecule has 5 nitrogen and oxygen atoms in total.